The van der Waals surface area contributed by atoms with Crippen LogP contribution in [-0.4, -0.2) is 61.5 Å². The molecule has 200 valence electrons. The summed E-state index contributed by atoms with van der Waals surface area (Å²) >= 11 is 0. The van der Waals surface area contributed by atoms with Crippen molar-refractivity contribution in [1.82, 2.24) is 15.5 Å². The number of ether oxygens (including phenoxy) is 1. The van der Waals surface area contributed by atoms with E-state index in [1.165, 1.54) is 6.08 Å². The van der Waals surface area contributed by atoms with Gasteiger partial charge in [0.1, 0.15) is 6.04 Å². The number of nitrogens with one attached hydrogen (secondary N) is 2. The second-order valence-corrected chi connectivity index (χ2v) is 10.5. The quantitative estimate of drug-likeness (QED) is 0.259. The zero-order valence-corrected chi connectivity index (χ0v) is 23.4. The van der Waals surface area contributed by atoms with E-state index in [9.17, 15) is 14.4 Å². The number of hydrogen-bond donors (Lipinski definition) is 2. The molecule has 0 radical (unpaired) electrons. The van der Waals surface area contributed by atoms with Gasteiger partial charge in [0.2, 0.25) is 11.8 Å². The van der Waals surface area contributed by atoms with Crippen LogP contribution in [0.4, 0.5) is 0 Å². The molecule has 0 bridgehead atoms. The van der Waals surface area contributed by atoms with Gasteiger partial charge in [-0.3, -0.25) is 9.59 Å². The highest BCUT2D eigenvalue weighted by atomic mass is 16.5. The molecule has 2 N–H and O–H groups in total. The zero-order chi connectivity index (χ0) is 27.5. The van der Waals surface area contributed by atoms with Crippen molar-refractivity contribution < 1.29 is 19.1 Å². The number of esters is 1. The van der Waals surface area contributed by atoms with E-state index in [1.54, 1.807) is 32.0 Å². The van der Waals surface area contributed by atoms with E-state index in [4.69, 9.17) is 4.74 Å². The van der Waals surface area contributed by atoms with E-state index in [1.807, 2.05) is 78.0 Å². The number of amides is 2. The molecule has 0 aromatic heterocycles. The first-order chi connectivity index (χ1) is 16.8. The van der Waals surface area contributed by atoms with Crippen molar-refractivity contribution >= 4 is 17.8 Å². The molecular formula is C29H45N3O4. The van der Waals surface area contributed by atoms with Crippen LogP contribution < -0.4 is 10.6 Å². The van der Waals surface area contributed by atoms with Crippen LogP contribution in [0, 0.1) is 11.3 Å². The van der Waals surface area contributed by atoms with Gasteiger partial charge in [0.25, 0.3) is 0 Å². The highest BCUT2D eigenvalue weighted by molar-refractivity contribution is 5.90. The smallest absolute Gasteiger partial charge is 0.330 e. The minimum Gasteiger partial charge on any atom is -0.463 e. The first kappa shape index (κ1) is 31.1. The lowest BCUT2D eigenvalue weighted by atomic mass is 9.84. The van der Waals surface area contributed by atoms with Crippen LogP contribution in [0.5, 0.6) is 0 Å². The van der Waals surface area contributed by atoms with E-state index in [2.05, 4.69) is 10.6 Å². The van der Waals surface area contributed by atoms with Gasteiger partial charge in [0.05, 0.1) is 18.7 Å². The molecule has 0 heterocycles. The fourth-order valence-corrected chi connectivity index (χ4v) is 3.88. The van der Waals surface area contributed by atoms with Gasteiger partial charge < -0.3 is 20.3 Å². The molecule has 7 nitrogen and oxygen atoms in total. The Balaban J connectivity index is 3.11. The standard InChI is InChI=1S/C29H45N3O4/c1-10-36-25(33)17-16-21(4)18-24(20(2)3)32(9)28(35)26(29(5,6)7)31-27(34)23(30-8)19-22-14-12-11-13-15-22/h11-18,20,23-24,26,30H,10,19H2,1-9H3,(H,31,34)/b17-16+,21-18+. The molecule has 0 saturated carbocycles. The van der Waals surface area contributed by atoms with Gasteiger partial charge in [-0.2, -0.15) is 0 Å². The maximum absolute atomic E-state index is 13.7. The fourth-order valence-electron chi connectivity index (χ4n) is 3.88. The third kappa shape index (κ3) is 9.97. The van der Waals surface area contributed by atoms with E-state index in [0.29, 0.717) is 13.0 Å². The monoisotopic (exact) mass is 499 g/mol. The van der Waals surface area contributed by atoms with Gasteiger partial charge in [-0.25, -0.2) is 4.79 Å². The average Bonchev–Trinajstić information content (AvgIpc) is 2.82. The lowest BCUT2D eigenvalue weighted by Crippen LogP contribution is -2.59. The maximum Gasteiger partial charge on any atom is 0.330 e. The number of hydrogen-bond acceptors (Lipinski definition) is 5. The molecule has 36 heavy (non-hydrogen) atoms. The highest BCUT2D eigenvalue weighted by Gasteiger charge is 2.37. The predicted molar refractivity (Wildman–Crippen MR) is 145 cm³/mol. The fraction of sp³-hybridized carbons (Fsp3) is 0.552. The SMILES string of the molecule is CCOC(=O)/C=C/C(C)=C/C(C(C)C)N(C)C(=O)C(NC(=O)C(Cc1ccccc1)NC)C(C)(C)C. The van der Waals surface area contributed by atoms with Gasteiger partial charge in [0.15, 0.2) is 0 Å². The molecule has 1 aromatic rings. The Morgan fingerprint density at radius 2 is 1.69 bits per heavy atom. The summed E-state index contributed by atoms with van der Waals surface area (Å²) in [5, 5.41) is 6.10. The van der Waals surface area contributed by atoms with Gasteiger partial charge in [-0.05, 0) is 44.2 Å². The molecule has 3 unspecified atom stereocenters. The number of carbonyl (C=O) groups excluding carboxylic acids is 3. The Morgan fingerprint density at radius 3 is 2.19 bits per heavy atom. The molecule has 2 amide bonds. The lowest BCUT2D eigenvalue weighted by Gasteiger charge is -2.38. The molecule has 0 aliphatic carbocycles. The number of nitrogens with zero attached hydrogens (tertiary/aromatic N) is 1. The first-order valence-electron chi connectivity index (χ1n) is 12.6. The minimum absolute atomic E-state index is 0.115. The molecule has 1 aromatic carbocycles. The summed E-state index contributed by atoms with van der Waals surface area (Å²) in [4.78, 5) is 40.3. The summed E-state index contributed by atoms with van der Waals surface area (Å²) in [6, 6.07) is 8.38. The van der Waals surface area contributed by atoms with Gasteiger partial charge >= 0.3 is 5.97 Å². The molecular weight excluding hydrogens is 454 g/mol. The van der Waals surface area contributed by atoms with Gasteiger partial charge in [-0.15, -0.1) is 0 Å². The average molecular weight is 500 g/mol. The van der Waals surface area contributed by atoms with Crippen molar-refractivity contribution in [2.75, 3.05) is 20.7 Å². The van der Waals surface area contributed by atoms with Gasteiger partial charge in [0, 0.05) is 13.1 Å². The largest absolute Gasteiger partial charge is 0.463 e. The van der Waals surface area contributed by atoms with Crippen molar-refractivity contribution in [3.63, 3.8) is 0 Å². The van der Waals surface area contributed by atoms with Crippen LogP contribution in [-0.2, 0) is 25.5 Å². The van der Waals surface area contributed by atoms with Crippen LogP contribution in [0.3, 0.4) is 0 Å². The first-order valence-corrected chi connectivity index (χ1v) is 12.6. The second-order valence-electron chi connectivity index (χ2n) is 10.5. The number of likely N-dealkylation sites (N-methyl/N-ethyl adjacent to an activating group) is 2. The van der Waals surface area contributed by atoms with Crippen LogP contribution in [0.2, 0.25) is 0 Å². The molecule has 7 heteroatoms. The van der Waals surface area contributed by atoms with E-state index >= 15 is 0 Å². The molecule has 0 aliphatic rings. The normalized spacial score (nSPS) is 14.9. The summed E-state index contributed by atoms with van der Waals surface area (Å²) in [5.74, 6) is -0.666. The summed E-state index contributed by atoms with van der Waals surface area (Å²) in [6.07, 6.45) is 5.56. The molecule has 0 saturated heterocycles. The Bertz CT molecular complexity index is 916. The highest BCUT2D eigenvalue weighted by Crippen LogP contribution is 2.24. The van der Waals surface area contributed by atoms with Crippen LogP contribution in [0.15, 0.2) is 54.1 Å². The van der Waals surface area contributed by atoms with Crippen LogP contribution in [0.1, 0.15) is 54.0 Å². The molecule has 3 atom stereocenters. The maximum atomic E-state index is 13.7. The number of allylic oxidation sites excluding steroid dienone is 2. The van der Waals surface area contributed by atoms with Crippen molar-refractivity contribution in [3.8, 4) is 0 Å². The molecule has 0 aliphatic heterocycles. The second kappa shape index (κ2) is 14.6. The van der Waals surface area contributed by atoms with Crippen molar-refractivity contribution in [3.05, 3.63) is 59.7 Å². The number of carbonyl (C=O) groups is 3. The molecule has 0 spiro atoms. The minimum atomic E-state index is -0.716. The summed E-state index contributed by atoms with van der Waals surface area (Å²) in [6.45, 7) is 13.9. The number of rotatable bonds is 12. The molecule has 0 fully saturated rings. The Kier molecular flexibility index (Phi) is 12.6. The summed E-state index contributed by atoms with van der Waals surface area (Å²) < 4.78 is 4.94. The Labute approximate surface area is 217 Å². The van der Waals surface area contributed by atoms with E-state index < -0.39 is 23.5 Å². The van der Waals surface area contributed by atoms with Crippen molar-refractivity contribution in [2.24, 2.45) is 11.3 Å². The van der Waals surface area contributed by atoms with Crippen molar-refractivity contribution in [2.45, 2.75) is 73.0 Å². The zero-order valence-electron chi connectivity index (χ0n) is 23.4. The topological polar surface area (TPSA) is 87.7 Å². The third-order valence-electron chi connectivity index (χ3n) is 6.03. The summed E-state index contributed by atoms with van der Waals surface area (Å²) in [5.41, 5.74) is 1.38. The van der Waals surface area contributed by atoms with Crippen LogP contribution >= 0.6 is 0 Å². The Hall–Kier alpha value is -2.93. The van der Waals surface area contributed by atoms with Gasteiger partial charge in [-0.1, -0.05) is 82.7 Å². The number of benzene rings is 1. The summed E-state index contributed by atoms with van der Waals surface area (Å²) in [7, 11) is 3.51. The van der Waals surface area contributed by atoms with Crippen molar-refractivity contribution in [1.29, 1.82) is 0 Å². The lowest BCUT2D eigenvalue weighted by molar-refractivity contribution is -0.140. The van der Waals surface area contributed by atoms with Crippen LogP contribution in [0.25, 0.3) is 0 Å². The predicted octanol–water partition coefficient (Wildman–Crippen LogP) is 3.90. The Morgan fingerprint density at radius 1 is 1.08 bits per heavy atom. The molecule has 1 rings (SSSR count). The van der Waals surface area contributed by atoms with E-state index in [-0.39, 0.29) is 23.8 Å². The van der Waals surface area contributed by atoms with E-state index in [0.717, 1.165) is 11.1 Å². The third-order valence-corrected chi connectivity index (χ3v) is 6.03.